The number of halogens is 1. The van der Waals surface area contributed by atoms with Gasteiger partial charge in [0.05, 0.1) is 24.1 Å². The third-order valence-electron chi connectivity index (χ3n) is 5.17. The molecule has 2 amide bonds. The lowest BCUT2D eigenvalue weighted by Crippen LogP contribution is -2.51. The van der Waals surface area contributed by atoms with Gasteiger partial charge in [0.2, 0.25) is 21.8 Å². The van der Waals surface area contributed by atoms with Crippen molar-refractivity contribution in [2.75, 3.05) is 31.3 Å². The van der Waals surface area contributed by atoms with Crippen LogP contribution in [0.15, 0.2) is 42.5 Å². The monoisotopic (exact) mass is 495 g/mol. The summed E-state index contributed by atoms with van der Waals surface area (Å²) in [7, 11) is -0.882. The number of carbonyl (C=O) groups is 2. The number of nitrogens with one attached hydrogen (secondary N) is 1. The number of aryl methyl sites for hydroxylation is 1. The minimum absolute atomic E-state index is 0.160. The summed E-state index contributed by atoms with van der Waals surface area (Å²) in [6.07, 6.45) is 1.38. The molecular formula is C23H30ClN3O5S. The number of likely N-dealkylation sites (N-methyl/N-ethyl adjacent to an activating group) is 1. The number of sulfonamides is 1. The van der Waals surface area contributed by atoms with Crippen LogP contribution >= 0.6 is 11.6 Å². The van der Waals surface area contributed by atoms with Crippen LogP contribution in [-0.4, -0.2) is 58.1 Å². The molecule has 0 spiro atoms. The summed E-state index contributed by atoms with van der Waals surface area (Å²) in [5.74, 6) is -0.451. The van der Waals surface area contributed by atoms with Crippen LogP contribution in [0.1, 0.15) is 24.5 Å². The Morgan fingerprint density at radius 2 is 1.88 bits per heavy atom. The molecule has 0 saturated heterocycles. The molecule has 2 rings (SSSR count). The van der Waals surface area contributed by atoms with Crippen LogP contribution < -0.4 is 14.4 Å². The van der Waals surface area contributed by atoms with E-state index >= 15 is 0 Å². The zero-order chi connectivity index (χ0) is 24.8. The van der Waals surface area contributed by atoms with Crippen molar-refractivity contribution in [3.8, 4) is 5.75 Å². The normalized spacial score (nSPS) is 12.1. The van der Waals surface area contributed by atoms with E-state index in [1.54, 1.807) is 6.92 Å². The molecule has 10 heteroatoms. The molecule has 1 N–H and O–H groups in total. The highest BCUT2D eigenvalue weighted by atomic mass is 35.5. The van der Waals surface area contributed by atoms with Crippen LogP contribution in [-0.2, 0) is 26.2 Å². The molecule has 0 aromatic heterocycles. The SMILES string of the molecule is CC[C@@H](C(=O)NC)N(Cc1cccc(C)c1)C(=O)CN(c1ccc(OC)c(Cl)c1)S(C)(=O)=O. The van der Waals surface area contributed by atoms with E-state index in [0.29, 0.717) is 12.2 Å². The van der Waals surface area contributed by atoms with Crippen molar-refractivity contribution in [1.82, 2.24) is 10.2 Å². The molecule has 0 radical (unpaired) electrons. The third-order valence-corrected chi connectivity index (χ3v) is 6.61. The molecule has 8 nitrogen and oxygen atoms in total. The molecule has 0 bridgehead atoms. The van der Waals surface area contributed by atoms with Gasteiger partial charge < -0.3 is 15.0 Å². The summed E-state index contributed by atoms with van der Waals surface area (Å²) in [6.45, 7) is 3.41. The van der Waals surface area contributed by atoms with Crippen LogP contribution in [0.2, 0.25) is 5.02 Å². The van der Waals surface area contributed by atoms with Gasteiger partial charge in [-0.25, -0.2) is 8.42 Å². The average Bonchev–Trinajstić information content (AvgIpc) is 2.76. The highest BCUT2D eigenvalue weighted by molar-refractivity contribution is 7.92. The van der Waals surface area contributed by atoms with Gasteiger partial charge in [0.1, 0.15) is 18.3 Å². The molecule has 0 heterocycles. The van der Waals surface area contributed by atoms with Crippen LogP contribution in [0.5, 0.6) is 5.75 Å². The first-order chi connectivity index (χ1) is 15.5. The van der Waals surface area contributed by atoms with E-state index in [9.17, 15) is 18.0 Å². The first-order valence-electron chi connectivity index (χ1n) is 10.4. The topological polar surface area (TPSA) is 96.0 Å². The number of ether oxygens (including phenoxy) is 1. The second kappa shape index (κ2) is 11.4. The number of rotatable bonds is 10. The predicted molar refractivity (Wildman–Crippen MR) is 130 cm³/mol. The maximum atomic E-state index is 13.5. The van der Waals surface area contributed by atoms with Crippen molar-refractivity contribution in [1.29, 1.82) is 0 Å². The largest absolute Gasteiger partial charge is 0.495 e. The van der Waals surface area contributed by atoms with Crippen molar-refractivity contribution in [3.63, 3.8) is 0 Å². The number of methoxy groups -OCH3 is 1. The molecule has 0 aliphatic rings. The molecule has 2 aromatic rings. The van der Waals surface area contributed by atoms with Gasteiger partial charge in [-0.1, -0.05) is 48.4 Å². The lowest BCUT2D eigenvalue weighted by atomic mass is 10.1. The van der Waals surface area contributed by atoms with Crippen LogP contribution in [0.3, 0.4) is 0 Å². The molecule has 0 saturated carbocycles. The summed E-state index contributed by atoms with van der Waals surface area (Å²) in [4.78, 5) is 27.4. The van der Waals surface area contributed by atoms with E-state index in [1.807, 2.05) is 31.2 Å². The third kappa shape index (κ3) is 6.85. The van der Waals surface area contributed by atoms with Gasteiger partial charge in [-0.3, -0.25) is 13.9 Å². The van der Waals surface area contributed by atoms with E-state index < -0.39 is 28.5 Å². The zero-order valence-electron chi connectivity index (χ0n) is 19.5. The van der Waals surface area contributed by atoms with Crippen LogP contribution in [0.4, 0.5) is 5.69 Å². The Kier molecular flexibility index (Phi) is 9.13. The molecule has 0 aliphatic carbocycles. The summed E-state index contributed by atoms with van der Waals surface area (Å²) in [5.41, 5.74) is 2.07. The number of carbonyl (C=O) groups excluding carboxylic acids is 2. The molecule has 180 valence electrons. The van der Waals surface area contributed by atoms with Crippen molar-refractivity contribution in [2.24, 2.45) is 0 Å². The van der Waals surface area contributed by atoms with Gasteiger partial charge >= 0.3 is 0 Å². The summed E-state index contributed by atoms with van der Waals surface area (Å²) >= 11 is 6.18. The Morgan fingerprint density at radius 3 is 2.39 bits per heavy atom. The molecule has 1 atom stereocenters. The van der Waals surface area contributed by atoms with Gasteiger partial charge in [-0.15, -0.1) is 0 Å². The fourth-order valence-corrected chi connectivity index (χ4v) is 4.61. The van der Waals surface area contributed by atoms with Crippen LogP contribution in [0, 0.1) is 6.92 Å². The fourth-order valence-electron chi connectivity index (χ4n) is 3.52. The number of anilines is 1. The second-order valence-corrected chi connectivity index (χ2v) is 9.95. The number of hydrogen-bond acceptors (Lipinski definition) is 5. The first kappa shape index (κ1) is 26.5. The fraction of sp³-hybridized carbons (Fsp3) is 0.391. The van der Waals surface area contributed by atoms with E-state index in [1.165, 1.54) is 37.3 Å². The van der Waals surface area contributed by atoms with Gasteiger partial charge in [0, 0.05) is 13.6 Å². The number of nitrogens with zero attached hydrogens (tertiary/aromatic N) is 2. The Bertz CT molecular complexity index is 1110. The molecular weight excluding hydrogens is 466 g/mol. The first-order valence-corrected chi connectivity index (χ1v) is 12.6. The van der Waals surface area contributed by atoms with Crippen LogP contribution in [0.25, 0.3) is 0 Å². The minimum Gasteiger partial charge on any atom is -0.495 e. The van der Waals surface area contributed by atoms with E-state index in [0.717, 1.165) is 21.7 Å². The summed E-state index contributed by atoms with van der Waals surface area (Å²) < 4.78 is 31.3. The Morgan fingerprint density at radius 1 is 1.18 bits per heavy atom. The molecule has 0 aliphatic heterocycles. The van der Waals surface area contributed by atoms with Crippen molar-refractivity contribution >= 4 is 39.1 Å². The second-order valence-electron chi connectivity index (χ2n) is 7.64. The number of amides is 2. The summed E-state index contributed by atoms with van der Waals surface area (Å²) in [5, 5.41) is 2.80. The van der Waals surface area contributed by atoms with E-state index in [2.05, 4.69) is 5.32 Å². The standard InChI is InChI=1S/C23H30ClN3O5S/c1-6-20(23(29)25-3)26(14-17-9-7-8-16(2)12-17)22(28)15-27(33(5,30)31)18-10-11-21(32-4)19(24)13-18/h7-13,20H,6,14-15H2,1-5H3,(H,25,29)/t20-/m0/s1. The number of benzene rings is 2. The van der Waals surface area contributed by atoms with Gasteiger partial charge in [0.15, 0.2) is 0 Å². The molecule has 0 fully saturated rings. The van der Waals surface area contributed by atoms with Gasteiger partial charge in [-0.05, 0) is 37.1 Å². The highest BCUT2D eigenvalue weighted by Crippen LogP contribution is 2.30. The van der Waals surface area contributed by atoms with E-state index in [-0.39, 0.29) is 23.2 Å². The van der Waals surface area contributed by atoms with Crippen molar-refractivity contribution < 1.29 is 22.7 Å². The zero-order valence-corrected chi connectivity index (χ0v) is 21.0. The quantitative estimate of drug-likeness (QED) is 0.546. The summed E-state index contributed by atoms with van der Waals surface area (Å²) in [6, 6.07) is 11.3. The Balaban J connectivity index is 2.45. The Hall–Kier alpha value is -2.78. The van der Waals surface area contributed by atoms with Crippen molar-refractivity contribution in [2.45, 2.75) is 32.9 Å². The van der Waals surface area contributed by atoms with Crippen molar-refractivity contribution in [3.05, 3.63) is 58.6 Å². The predicted octanol–water partition coefficient (Wildman–Crippen LogP) is 2.98. The lowest BCUT2D eigenvalue weighted by molar-refractivity contribution is -0.140. The average molecular weight is 496 g/mol. The maximum Gasteiger partial charge on any atom is 0.244 e. The molecule has 2 aromatic carbocycles. The highest BCUT2D eigenvalue weighted by Gasteiger charge is 2.31. The Labute approximate surface area is 200 Å². The van der Waals surface area contributed by atoms with Gasteiger partial charge in [0.25, 0.3) is 0 Å². The van der Waals surface area contributed by atoms with Gasteiger partial charge in [-0.2, -0.15) is 0 Å². The lowest BCUT2D eigenvalue weighted by Gasteiger charge is -2.32. The molecule has 33 heavy (non-hydrogen) atoms. The molecule has 0 unspecified atom stereocenters. The van der Waals surface area contributed by atoms with E-state index in [4.69, 9.17) is 16.3 Å². The number of hydrogen-bond donors (Lipinski definition) is 1. The minimum atomic E-state index is -3.83. The maximum absolute atomic E-state index is 13.5. The smallest absolute Gasteiger partial charge is 0.244 e.